The number of hydrogen-bond donors (Lipinski definition) is 2. The number of aromatic hydroxyl groups is 2. The summed E-state index contributed by atoms with van der Waals surface area (Å²) >= 11 is 0. The molecule has 198 valence electrons. The Morgan fingerprint density at radius 2 is 0.811 bits per heavy atom. The maximum Gasteiger partial charge on any atom is 2.00 e. The van der Waals surface area contributed by atoms with Crippen molar-refractivity contribution in [3.05, 3.63) is 105 Å². The molecular weight excluding hydrogens is 540 g/mol. The number of methoxy groups -OCH3 is 2. The van der Waals surface area contributed by atoms with Crippen LogP contribution in [0.4, 0.5) is 0 Å². The molecule has 0 bridgehead atoms. The molecule has 0 aliphatic rings. The molecule has 37 heavy (non-hydrogen) atoms. The van der Waals surface area contributed by atoms with Crippen molar-refractivity contribution in [2.24, 2.45) is 0 Å². The largest absolute Gasteiger partial charge is 2.00 e. The summed E-state index contributed by atoms with van der Waals surface area (Å²) in [4.78, 5) is 0. The molecule has 4 nitrogen and oxygen atoms in total. The minimum absolute atomic E-state index is 0. The van der Waals surface area contributed by atoms with E-state index in [2.05, 4.69) is 67.5 Å². The fourth-order valence-electron chi connectivity index (χ4n) is 3.43. The Labute approximate surface area is 242 Å². The summed E-state index contributed by atoms with van der Waals surface area (Å²) in [5.41, 5.74) is 11.5. The number of phenolic OH excluding ortho intramolecular Hbond substituents is 2. The molecule has 0 heterocycles. The van der Waals surface area contributed by atoms with Gasteiger partial charge in [-0.3, -0.25) is 0 Å². The molecular formula is C32H42O4Zr. The Bertz CT molecular complexity index is 1040. The molecule has 0 atom stereocenters. The zero-order chi connectivity index (χ0) is 27.4. The second kappa shape index (κ2) is 16.9. The van der Waals surface area contributed by atoms with E-state index in [0.29, 0.717) is 0 Å². The Hall–Kier alpha value is -2.78. The third kappa shape index (κ3) is 11.4. The van der Waals surface area contributed by atoms with E-state index in [1.54, 1.807) is 62.8 Å². The second-order valence-electron chi connectivity index (χ2n) is 8.92. The molecule has 4 aromatic rings. The smallest absolute Gasteiger partial charge is 0.508 e. The van der Waals surface area contributed by atoms with Gasteiger partial charge in [0.1, 0.15) is 23.0 Å². The van der Waals surface area contributed by atoms with Gasteiger partial charge in [-0.25, -0.2) is 0 Å². The number of benzene rings is 2. The van der Waals surface area contributed by atoms with Gasteiger partial charge in [0.05, 0.1) is 14.2 Å². The van der Waals surface area contributed by atoms with Crippen LogP contribution in [0.2, 0.25) is 0 Å². The minimum atomic E-state index is 0. The van der Waals surface area contributed by atoms with Gasteiger partial charge in [0.15, 0.2) is 0 Å². The predicted molar refractivity (Wildman–Crippen MR) is 151 cm³/mol. The van der Waals surface area contributed by atoms with Gasteiger partial charge in [-0.1, -0.05) is 55.4 Å². The van der Waals surface area contributed by atoms with Crippen molar-refractivity contribution in [3.63, 3.8) is 0 Å². The maximum absolute atomic E-state index is 8.80. The molecule has 5 heteroatoms. The monoisotopic (exact) mass is 580 g/mol. The summed E-state index contributed by atoms with van der Waals surface area (Å²) in [7, 11) is 3.18. The molecule has 0 amide bonds. The Balaban J connectivity index is 0.000000463. The quantitative estimate of drug-likeness (QED) is 0.235. The summed E-state index contributed by atoms with van der Waals surface area (Å²) in [5.74, 6) is 2.03. The second-order valence-corrected chi connectivity index (χ2v) is 8.92. The Morgan fingerprint density at radius 3 is 0.946 bits per heavy atom. The van der Waals surface area contributed by atoms with Crippen LogP contribution in [0.5, 0.6) is 23.0 Å². The van der Waals surface area contributed by atoms with Gasteiger partial charge in [0, 0.05) is 0 Å². The molecule has 0 aromatic heterocycles. The molecule has 0 fully saturated rings. The van der Waals surface area contributed by atoms with Gasteiger partial charge in [0.2, 0.25) is 0 Å². The third-order valence-corrected chi connectivity index (χ3v) is 6.50. The van der Waals surface area contributed by atoms with Crippen molar-refractivity contribution in [1.29, 1.82) is 0 Å². The van der Waals surface area contributed by atoms with Crippen LogP contribution < -0.4 is 9.47 Å². The molecule has 2 N–H and O–H groups in total. The van der Waals surface area contributed by atoms with Crippen molar-refractivity contribution < 1.29 is 45.9 Å². The van der Waals surface area contributed by atoms with Crippen LogP contribution in [-0.2, 0) is 26.2 Å². The average molecular weight is 582 g/mol. The first-order chi connectivity index (χ1) is 16.9. The van der Waals surface area contributed by atoms with E-state index < -0.39 is 0 Å². The van der Waals surface area contributed by atoms with Crippen molar-refractivity contribution in [1.82, 2.24) is 0 Å². The fraction of sp³-hybridized carbons (Fsp3) is 0.312. The van der Waals surface area contributed by atoms with Crippen molar-refractivity contribution in [2.75, 3.05) is 14.2 Å². The van der Waals surface area contributed by atoms with Gasteiger partial charge in [-0.2, -0.15) is 56.6 Å². The molecule has 0 saturated heterocycles. The predicted octanol–water partition coefficient (Wildman–Crippen LogP) is 8.08. The number of aryl methyl sites for hydroxylation is 4. The number of ether oxygens (including phenoxy) is 2. The fourth-order valence-corrected chi connectivity index (χ4v) is 3.43. The normalized spacial score (nSPS) is 9.35. The molecule has 0 aliphatic carbocycles. The van der Waals surface area contributed by atoms with Crippen molar-refractivity contribution in [2.45, 2.75) is 55.4 Å². The van der Waals surface area contributed by atoms with E-state index in [9.17, 15) is 0 Å². The van der Waals surface area contributed by atoms with Crippen LogP contribution in [0, 0.1) is 55.4 Å². The van der Waals surface area contributed by atoms with Crippen LogP contribution in [-0.4, -0.2) is 24.4 Å². The molecule has 0 radical (unpaired) electrons. The first-order valence-electron chi connectivity index (χ1n) is 12.0. The van der Waals surface area contributed by atoms with Gasteiger partial charge in [-0.15, -0.1) is 0 Å². The molecule has 0 aliphatic heterocycles. The molecule has 4 aromatic carbocycles. The Morgan fingerprint density at radius 1 is 0.541 bits per heavy atom. The van der Waals surface area contributed by atoms with Crippen LogP contribution in [0.1, 0.15) is 44.5 Å². The molecule has 0 unspecified atom stereocenters. The molecule has 0 saturated carbocycles. The van der Waals surface area contributed by atoms with Crippen LogP contribution >= 0.6 is 0 Å². The van der Waals surface area contributed by atoms with E-state index >= 15 is 0 Å². The van der Waals surface area contributed by atoms with E-state index in [1.807, 2.05) is 0 Å². The minimum Gasteiger partial charge on any atom is -0.508 e. The number of rotatable bonds is 2. The van der Waals surface area contributed by atoms with Gasteiger partial charge in [0.25, 0.3) is 0 Å². The summed E-state index contributed by atoms with van der Waals surface area (Å²) < 4.78 is 9.72. The maximum atomic E-state index is 8.80. The van der Waals surface area contributed by atoms with Crippen molar-refractivity contribution >= 4 is 0 Å². The Kier molecular flexibility index (Phi) is 15.6. The standard InChI is InChI=1S/2C9H13.2C7H8O2.Zr/c2*1-6-5-7(2)9(4)8(6)3;2*1-9-7-4-2-6(8)3-5-7;/h2*5H,1-4H3;2*2-5,8H,1H3;/q2*-1;;;+2. The van der Waals surface area contributed by atoms with E-state index in [1.165, 1.54) is 44.5 Å². The van der Waals surface area contributed by atoms with E-state index in [0.717, 1.165) is 11.5 Å². The average Bonchev–Trinajstić information content (AvgIpc) is 3.23. The van der Waals surface area contributed by atoms with Gasteiger partial charge >= 0.3 is 26.2 Å². The zero-order valence-electron chi connectivity index (χ0n) is 24.0. The SMILES string of the molecule is COc1ccc(O)cc1.COc1ccc(O)cc1.Cc1c[c-](C)c(C)c1C.Cc1c[c-](C)c(C)c1C.[Zr+2]. The van der Waals surface area contributed by atoms with Crippen LogP contribution in [0.15, 0.2) is 60.7 Å². The van der Waals surface area contributed by atoms with Gasteiger partial charge in [-0.05, 0) is 48.5 Å². The summed E-state index contributed by atoms with van der Waals surface area (Å²) in [6, 6.07) is 17.6. The van der Waals surface area contributed by atoms with E-state index in [-0.39, 0.29) is 37.7 Å². The van der Waals surface area contributed by atoms with Crippen LogP contribution in [0.25, 0.3) is 0 Å². The molecule has 4 rings (SSSR count). The first kappa shape index (κ1) is 34.2. The summed E-state index contributed by atoms with van der Waals surface area (Å²) in [6.07, 6.45) is 0. The zero-order valence-corrected chi connectivity index (χ0v) is 26.4. The summed E-state index contributed by atoms with van der Waals surface area (Å²) in [5, 5.41) is 17.6. The van der Waals surface area contributed by atoms with Gasteiger partial charge < -0.3 is 19.7 Å². The third-order valence-electron chi connectivity index (χ3n) is 6.50. The van der Waals surface area contributed by atoms with E-state index in [4.69, 9.17) is 19.7 Å². The topological polar surface area (TPSA) is 58.9 Å². The number of hydrogen-bond acceptors (Lipinski definition) is 4. The first-order valence-corrected chi connectivity index (χ1v) is 12.0. The summed E-state index contributed by atoms with van der Waals surface area (Å²) in [6.45, 7) is 17.4. The van der Waals surface area contributed by atoms with Crippen LogP contribution in [0.3, 0.4) is 0 Å². The molecule has 0 spiro atoms. The van der Waals surface area contributed by atoms with Crippen molar-refractivity contribution in [3.8, 4) is 23.0 Å². The number of phenols is 2.